The Kier molecular flexibility index (Phi) is 15.2. The summed E-state index contributed by atoms with van der Waals surface area (Å²) in [7, 11) is 0. The lowest BCUT2D eigenvalue weighted by atomic mass is 9.96. The number of nitrogens with one attached hydrogen (secondary N) is 3. The second-order valence-corrected chi connectivity index (χ2v) is 13.7. The summed E-state index contributed by atoms with van der Waals surface area (Å²) in [4.78, 5) is 24.3. The third-order valence-electron chi connectivity index (χ3n) is 8.62. The van der Waals surface area contributed by atoms with Gasteiger partial charge in [-0.3, -0.25) is 14.7 Å². The van der Waals surface area contributed by atoms with E-state index in [0.29, 0.717) is 51.1 Å². The first-order valence-electron chi connectivity index (χ1n) is 17.0. The Morgan fingerprint density at radius 1 is 1.12 bits per heavy atom. The first kappa shape index (κ1) is 40.1. The Balaban J connectivity index is 1.53. The number of hydrogen-bond donors (Lipinski definition) is 9. The summed E-state index contributed by atoms with van der Waals surface area (Å²) in [6.07, 6.45) is -3.80. The number of hydrogen-bond acceptors (Lipinski definition) is 12. The summed E-state index contributed by atoms with van der Waals surface area (Å²) in [5.74, 6) is 0.175. The maximum atomic E-state index is 12.6. The van der Waals surface area contributed by atoms with Crippen LogP contribution in [0.25, 0.3) is 0 Å². The van der Waals surface area contributed by atoms with Gasteiger partial charge in [-0.05, 0) is 88.7 Å². The first-order valence-corrected chi connectivity index (χ1v) is 17.0. The first-order chi connectivity index (χ1) is 23.2. The molecule has 0 bridgehead atoms. The molecule has 15 heteroatoms. The molecule has 6 atom stereocenters. The van der Waals surface area contributed by atoms with Crippen LogP contribution in [0.4, 0.5) is 0 Å². The van der Waals surface area contributed by atoms with Crippen LogP contribution in [0.2, 0.25) is 0 Å². The van der Waals surface area contributed by atoms with E-state index in [2.05, 4.69) is 20.8 Å². The van der Waals surface area contributed by atoms with Crippen LogP contribution in [0.3, 0.4) is 0 Å². The van der Waals surface area contributed by atoms with E-state index in [1.54, 1.807) is 0 Å². The summed E-state index contributed by atoms with van der Waals surface area (Å²) in [6, 6.07) is 5.10. The van der Waals surface area contributed by atoms with E-state index in [1.165, 1.54) is 0 Å². The van der Waals surface area contributed by atoms with Gasteiger partial charge in [0.1, 0.15) is 36.2 Å². The minimum absolute atomic E-state index is 0.0732. The summed E-state index contributed by atoms with van der Waals surface area (Å²) in [5, 5.41) is 53.8. The number of aryl methyl sites for hydroxylation is 1. The molecule has 0 radical (unpaired) electrons. The van der Waals surface area contributed by atoms with Gasteiger partial charge in [-0.25, -0.2) is 0 Å². The Labute approximate surface area is 288 Å². The zero-order valence-electron chi connectivity index (χ0n) is 29.3. The molecule has 1 aliphatic heterocycles. The average molecular weight is 693 g/mol. The number of nitrogens with two attached hydrogens (primary N) is 2. The van der Waals surface area contributed by atoms with Gasteiger partial charge in [0.2, 0.25) is 24.0 Å². The van der Waals surface area contributed by atoms with Gasteiger partial charge in [0, 0.05) is 29.6 Å². The van der Waals surface area contributed by atoms with Gasteiger partial charge in [-0.2, -0.15) is 0 Å². The number of aromatic amines is 1. The summed E-state index contributed by atoms with van der Waals surface area (Å²) >= 11 is 0. The molecule has 49 heavy (non-hydrogen) atoms. The molecule has 0 spiro atoms. The second-order valence-electron chi connectivity index (χ2n) is 13.7. The topological polar surface area (TPSA) is 248 Å². The molecule has 1 fully saturated rings. The largest absolute Gasteiger partial charge is 0.494 e. The lowest BCUT2D eigenvalue weighted by Gasteiger charge is -2.39. The van der Waals surface area contributed by atoms with Crippen LogP contribution in [0.1, 0.15) is 88.1 Å². The van der Waals surface area contributed by atoms with Gasteiger partial charge in [0.15, 0.2) is 0 Å². The highest BCUT2D eigenvalue weighted by Gasteiger charge is 2.45. The van der Waals surface area contributed by atoms with Gasteiger partial charge in [0.05, 0.1) is 13.2 Å². The number of unbranched alkanes of at least 4 members (excludes halogenated alkanes) is 1. The Morgan fingerprint density at radius 3 is 2.49 bits per heavy atom. The van der Waals surface area contributed by atoms with E-state index in [-0.39, 0.29) is 24.1 Å². The second kappa shape index (κ2) is 18.6. The number of aromatic nitrogens is 2. The number of carbonyl (C=O) groups is 2. The molecule has 2 heterocycles. The standard InChI is InChI=1S/C34H56N6O9/c1-19(2)27-23(32(40-39-27)49-33-30(45)29(44)28(43)25(18-41)48-33)16-21-10-11-22(15-20(21)3)47-14-8-13-37-34(4,5)17-26(42)38-24(31(36)46)9-6-7-12-35/h10-11,15,19,24-25,28-30,33,37,41,43-45H,6-9,12-14,16-18,35H2,1-5H3,(H2,36,46)(H,38,42)(H,39,40)/t24-,25?,28+,29?,30+,33?/m0/s1. The van der Waals surface area contributed by atoms with Crippen LogP contribution < -0.4 is 31.6 Å². The third-order valence-corrected chi connectivity index (χ3v) is 8.62. The number of aliphatic hydroxyl groups is 4. The normalized spacial score (nSPS) is 21.8. The molecule has 1 aromatic heterocycles. The predicted molar refractivity (Wildman–Crippen MR) is 182 cm³/mol. The van der Waals surface area contributed by atoms with Gasteiger partial charge in [-0.15, -0.1) is 5.10 Å². The zero-order valence-corrected chi connectivity index (χ0v) is 29.3. The van der Waals surface area contributed by atoms with Crippen LogP contribution in [0.15, 0.2) is 18.2 Å². The van der Waals surface area contributed by atoms with Crippen molar-refractivity contribution >= 4 is 11.8 Å². The quantitative estimate of drug-likeness (QED) is 0.0847. The Morgan fingerprint density at radius 2 is 1.86 bits per heavy atom. The zero-order chi connectivity index (χ0) is 36.3. The molecule has 3 rings (SSSR count). The fourth-order valence-corrected chi connectivity index (χ4v) is 5.71. The summed E-state index contributed by atoms with van der Waals surface area (Å²) in [5.41, 5.74) is 14.0. The number of amides is 2. The third kappa shape index (κ3) is 11.6. The average Bonchev–Trinajstić information content (AvgIpc) is 3.43. The van der Waals surface area contributed by atoms with Crippen molar-refractivity contribution in [2.75, 3.05) is 26.3 Å². The van der Waals surface area contributed by atoms with Gasteiger partial charge in [-0.1, -0.05) is 19.9 Å². The van der Waals surface area contributed by atoms with E-state index in [9.17, 15) is 30.0 Å². The van der Waals surface area contributed by atoms with Crippen molar-refractivity contribution in [2.24, 2.45) is 11.5 Å². The number of carbonyl (C=O) groups excluding carboxylic acids is 2. The van der Waals surface area contributed by atoms with Crippen molar-refractivity contribution in [1.29, 1.82) is 0 Å². The van der Waals surface area contributed by atoms with Crippen molar-refractivity contribution in [3.63, 3.8) is 0 Å². The number of benzene rings is 1. The van der Waals surface area contributed by atoms with Gasteiger partial charge >= 0.3 is 0 Å². The van der Waals surface area contributed by atoms with Crippen LogP contribution in [0, 0.1) is 6.92 Å². The number of aliphatic hydroxyl groups excluding tert-OH is 4. The number of nitrogens with zero attached hydrogens (tertiary/aromatic N) is 1. The number of H-pyrrole nitrogens is 1. The van der Waals surface area contributed by atoms with Crippen molar-refractivity contribution < 1.29 is 44.2 Å². The monoisotopic (exact) mass is 692 g/mol. The Bertz CT molecular complexity index is 1350. The molecular weight excluding hydrogens is 636 g/mol. The maximum Gasteiger partial charge on any atom is 0.239 e. The SMILES string of the molecule is Cc1cc(OCCCNC(C)(C)CC(=O)N[C@@H](CCCCN)C(N)=O)ccc1Cc1c(OC2OC(CO)[C@@H](O)C(O)[C@H]2O)n[nH]c1C(C)C. The predicted octanol–water partition coefficient (Wildman–Crippen LogP) is 0.237. The van der Waals surface area contributed by atoms with Crippen molar-refractivity contribution in [3.8, 4) is 11.6 Å². The molecule has 11 N–H and O–H groups in total. The van der Waals surface area contributed by atoms with E-state index in [0.717, 1.165) is 28.8 Å². The fraction of sp³-hybridized carbons (Fsp3) is 0.676. The highest BCUT2D eigenvalue weighted by molar-refractivity contribution is 5.86. The molecular formula is C34H56N6O9. The minimum Gasteiger partial charge on any atom is -0.494 e. The van der Waals surface area contributed by atoms with Gasteiger partial charge < -0.3 is 56.7 Å². The molecule has 276 valence electrons. The maximum absolute atomic E-state index is 12.6. The summed E-state index contributed by atoms with van der Waals surface area (Å²) in [6.45, 7) is 10.9. The van der Waals surface area contributed by atoms with Crippen LogP contribution in [0.5, 0.6) is 11.6 Å². The fourth-order valence-electron chi connectivity index (χ4n) is 5.71. The van der Waals surface area contributed by atoms with E-state index in [1.807, 2.05) is 52.8 Å². The highest BCUT2D eigenvalue weighted by atomic mass is 16.7. The molecule has 0 saturated carbocycles. The minimum atomic E-state index is -1.56. The number of primary amides is 1. The highest BCUT2D eigenvalue weighted by Crippen LogP contribution is 2.32. The van der Waals surface area contributed by atoms with Gasteiger partial charge in [0.25, 0.3) is 0 Å². The molecule has 2 amide bonds. The number of rotatable bonds is 20. The van der Waals surface area contributed by atoms with Crippen LogP contribution in [-0.4, -0.2) is 111 Å². The van der Waals surface area contributed by atoms with E-state index in [4.69, 9.17) is 25.7 Å². The Hall–Kier alpha value is -3.31. The van der Waals surface area contributed by atoms with Crippen molar-refractivity contribution in [2.45, 2.75) is 121 Å². The van der Waals surface area contributed by atoms with Crippen molar-refractivity contribution in [3.05, 3.63) is 40.6 Å². The van der Waals surface area contributed by atoms with Crippen molar-refractivity contribution in [1.82, 2.24) is 20.8 Å². The molecule has 0 aliphatic carbocycles. The van der Waals surface area contributed by atoms with Crippen LogP contribution in [-0.2, 0) is 20.7 Å². The molecule has 1 aromatic carbocycles. The smallest absolute Gasteiger partial charge is 0.239 e. The lowest BCUT2D eigenvalue weighted by Crippen LogP contribution is -2.60. The van der Waals surface area contributed by atoms with E-state index >= 15 is 0 Å². The molecule has 2 aromatic rings. The van der Waals surface area contributed by atoms with E-state index < -0.39 is 54.8 Å². The molecule has 3 unspecified atom stereocenters. The number of ether oxygens (including phenoxy) is 3. The summed E-state index contributed by atoms with van der Waals surface area (Å²) < 4.78 is 17.4. The lowest BCUT2D eigenvalue weighted by molar-refractivity contribution is -0.278. The molecule has 15 nitrogen and oxygen atoms in total. The molecule has 1 aliphatic rings. The van der Waals surface area contributed by atoms with Crippen LogP contribution >= 0.6 is 0 Å². The molecule has 1 saturated heterocycles.